The van der Waals surface area contributed by atoms with Crippen molar-refractivity contribution >= 4 is 27.5 Å². The highest BCUT2D eigenvalue weighted by atomic mass is 35.5. The zero-order chi connectivity index (χ0) is 20.3. The smallest absolute Gasteiger partial charge is 0.253 e. The number of nitrogens with one attached hydrogen (secondary N) is 1. The molecule has 1 amide bonds. The predicted octanol–water partition coefficient (Wildman–Crippen LogP) is 4.31. The molecular weight excluding hydrogens is 396 g/mol. The SMILES string of the molecule is CCC(NC(=O)c1cc(S(=O)(=O)N2CCCC2)ccc1Cl)c1ccc(C)cc1. The molecule has 28 heavy (non-hydrogen) atoms. The number of aryl methyl sites for hydroxylation is 1. The Morgan fingerprint density at radius 1 is 1.14 bits per heavy atom. The molecule has 1 aliphatic rings. The fourth-order valence-corrected chi connectivity index (χ4v) is 5.12. The third-order valence-electron chi connectivity index (χ3n) is 5.08. The molecule has 150 valence electrons. The maximum atomic E-state index is 12.9. The van der Waals surface area contributed by atoms with Crippen LogP contribution in [0.1, 0.15) is 53.7 Å². The number of hydrogen-bond donors (Lipinski definition) is 1. The molecule has 0 spiro atoms. The van der Waals surface area contributed by atoms with E-state index in [1.165, 1.54) is 22.5 Å². The van der Waals surface area contributed by atoms with Gasteiger partial charge in [-0.1, -0.05) is 48.4 Å². The van der Waals surface area contributed by atoms with Gasteiger partial charge in [0.15, 0.2) is 0 Å². The van der Waals surface area contributed by atoms with Gasteiger partial charge in [0, 0.05) is 13.1 Å². The lowest BCUT2D eigenvalue weighted by molar-refractivity contribution is 0.0935. The van der Waals surface area contributed by atoms with E-state index in [-0.39, 0.29) is 27.4 Å². The largest absolute Gasteiger partial charge is 0.345 e. The van der Waals surface area contributed by atoms with Crippen LogP contribution in [0.4, 0.5) is 0 Å². The van der Waals surface area contributed by atoms with Crippen molar-refractivity contribution in [1.29, 1.82) is 0 Å². The van der Waals surface area contributed by atoms with Crippen molar-refractivity contribution in [1.82, 2.24) is 9.62 Å². The number of nitrogens with zero attached hydrogens (tertiary/aromatic N) is 1. The summed E-state index contributed by atoms with van der Waals surface area (Å²) in [6.07, 6.45) is 2.42. The zero-order valence-electron chi connectivity index (χ0n) is 16.1. The summed E-state index contributed by atoms with van der Waals surface area (Å²) in [5.41, 5.74) is 2.32. The highest BCUT2D eigenvalue weighted by molar-refractivity contribution is 7.89. The number of carbonyl (C=O) groups excluding carboxylic acids is 1. The number of sulfonamides is 1. The lowest BCUT2D eigenvalue weighted by Gasteiger charge is -2.19. The van der Waals surface area contributed by atoms with Gasteiger partial charge in [-0.3, -0.25) is 4.79 Å². The molecule has 7 heteroatoms. The molecule has 1 unspecified atom stereocenters. The van der Waals surface area contributed by atoms with Crippen LogP contribution in [0.25, 0.3) is 0 Å². The fraction of sp³-hybridized carbons (Fsp3) is 0.381. The molecule has 1 aliphatic heterocycles. The van der Waals surface area contributed by atoms with E-state index in [1.807, 2.05) is 38.1 Å². The zero-order valence-corrected chi connectivity index (χ0v) is 17.7. The molecule has 1 saturated heterocycles. The molecule has 1 fully saturated rings. The monoisotopic (exact) mass is 420 g/mol. The van der Waals surface area contributed by atoms with E-state index in [2.05, 4.69) is 5.32 Å². The molecule has 2 aromatic rings. The third-order valence-corrected chi connectivity index (χ3v) is 7.30. The molecule has 5 nitrogen and oxygen atoms in total. The lowest BCUT2D eigenvalue weighted by Crippen LogP contribution is -2.30. The van der Waals surface area contributed by atoms with Crippen LogP contribution in [-0.4, -0.2) is 31.7 Å². The first kappa shape index (κ1) is 20.8. The van der Waals surface area contributed by atoms with Crippen LogP contribution in [0.5, 0.6) is 0 Å². The van der Waals surface area contributed by atoms with Gasteiger partial charge in [0.2, 0.25) is 10.0 Å². The molecule has 0 saturated carbocycles. The maximum Gasteiger partial charge on any atom is 0.253 e. The summed E-state index contributed by atoms with van der Waals surface area (Å²) in [7, 11) is -3.61. The number of rotatable bonds is 6. The van der Waals surface area contributed by atoms with Crippen LogP contribution < -0.4 is 5.32 Å². The standard InChI is InChI=1S/C21H25ClN2O3S/c1-3-20(16-8-6-15(2)7-9-16)23-21(25)18-14-17(10-11-19(18)22)28(26,27)24-12-4-5-13-24/h6-11,14,20H,3-5,12-13H2,1-2H3,(H,23,25). The van der Waals surface area contributed by atoms with Gasteiger partial charge in [0.25, 0.3) is 5.91 Å². The number of carbonyl (C=O) groups is 1. The van der Waals surface area contributed by atoms with Gasteiger partial charge in [-0.25, -0.2) is 8.42 Å². The molecule has 1 heterocycles. The van der Waals surface area contributed by atoms with Crippen molar-refractivity contribution in [2.75, 3.05) is 13.1 Å². The molecule has 1 N–H and O–H groups in total. The van der Waals surface area contributed by atoms with E-state index in [9.17, 15) is 13.2 Å². The Balaban J connectivity index is 1.85. The second-order valence-corrected chi connectivity index (χ2v) is 9.44. The normalized spacial score (nSPS) is 16.1. The Hall–Kier alpha value is -1.89. The van der Waals surface area contributed by atoms with E-state index in [0.29, 0.717) is 19.5 Å². The van der Waals surface area contributed by atoms with Crippen LogP contribution in [0.3, 0.4) is 0 Å². The summed E-state index contributed by atoms with van der Waals surface area (Å²) in [6, 6.07) is 12.1. The minimum Gasteiger partial charge on any atom is -0.345 e. The van der Waals surface area contributed by atoms with Crippen molar-refractivity contribution in [2.45, 2.75) is 44.0 Å². The van der Waals surface area contributed by atoms with Crippen LogP contribution in [0.2, 0.25) is 5.02 Å². The predicted molar refractivity (Wildman–Crippen MR) is 111 cm³/mol. The Morgan fingerprint density at radius 2 is 1.79 bits per heavy atom. The Labute approximate surface area is 171 Å². The summed E-state index contributed by atoms with van der Waals surface area (Å²) < 4.78 is 27.1. The summed E-state index contributed by atoms with van der Waals surface area (Å²) in [5, 5.41) is 3.21. The minimum absolute atomic E-state index is 0.104. The van der Waals surface area contributed by atoms with Crippen molar-refractivity contribution < 1.29 is 13.2 Å². The van der Waals surface area contributed by atoms with Gasteiger partial charge >= 0.3 is 0 Å². The topological polar surface area (TPSA) is 66.5 Å². The van der Waals surface area contributed by atoms with Gasteiger partial charge in [-0.2, -0.15) is 4.31 Å². The molecular formula is C21H25ClN2O3S. The highest BCUT2D eigenvalue weighted by Gasteiger charge is 2.28. The second kappa shape index (κ2) is 8.64. The number of amides is 1. The number of benzene rings is 2. The minimum atomic E-state index is -3.61. The Bertz CT molecular complexity index is 952. The Kier molecular flexibility index (Phi) is 6.43. The van der Waals surface area contributed by atoms with Gasteiger partial charge in [-0.05, 0) is 49.9 Å². The van der Waals surface area contributed by atoms with Crippen molar-refractivity contribution in [3.05, 3.63) is 64.2 Å². The molecule has 1 atom stereocenters. The summed E-state index contributed by atoms with van der Waals surface area (Å²) in [5.74, 6) is -0.379. The van der Waals surface area contributed by atoms with Crippen LogP contribution in [0.15, 0.2) is 47.4 Å². The second-order valence-electron chi connectivity index (χ2n) is 7.10. The van der Waals surface area contributed by atoms with Gasteiger partial charge in [0.1, 0.15) is 0 Å². The third kappa shape index (κ3) is 4.40. The maximum absolute atomic E-state index is 12.9. The van der Waals surface area contributed by atoms with Crippen LogP contribution >= 0.6 is 11.6 Å². The van der Waals surface area contributed by atoms with Crippen LogP contribution in [0, 0.1) is 6.92 Å². The quantitative estimate of drug-likeness (QED) is 0.756. The van der Waals surface area contributed by atoms with Crippen molar-refractivity contribution in [2.24, 2.45) is 0 Å². The highest BCUT2D eigenvalue weighted by Crippen LogP contribution is 2.26. The van der Waals surface area contributed by atoms with E-state index in [1.54, 1.807) is 0 Å². The summed E-state index contributed by atoms with van der Waals surface area (Å²) in [6.45, 7) is 5.02. The van der Waals surface area contributed by atoms with Gasteiger partial charge in [0.05, 0.1) is 21.5 Å². The van der Waals surface area contributed by atoms with E-state index in [4.69, 9.17) is 11.6 Å². The first-order chi connectivity index (χ1) is 13.3. The first-order valence-electron chi connectivity index (χ1n) is 9.50. The summed E-state index contributed by atoms with van der Waals surface area (Å²) in [4.78, 5) is 13.0. The van der Waals surface area contributed by atoms with Gasteiger partial charge in [-0.15, -0.1) is 0 Å². The molecule has 3 rings (SSSR count). The number of halogens is 1. The van der Waals surface area contributed by atoms with E-state index < -0.39 is 10.0 Å². The van der Waals surface area contributed by atoms with Crippen molar-refractivity contribution in [3.8, 4) is 0 Å². The van der Waals surface area contributed by atoms with E-state index in [0.717, 1.165) is 24.0 Å². The fourth-order valence-electron chi connectivity index (χ4n) is 3.37. The lowest BCUT2D eigenvalue weighted by atomic mass is 10.0. The van der Waals surface area contributed by atoms with Crippen molar-refractivity contribution in [3.63, 3.8) is 0 Å². The molecule has 2 aromatic carbocycles. The molecule has 0 aliphatic carbocycles. The molecule has 0 radical (unpaired) electrons. The number of hydrogen-bond acceptors (Lipinski definition) is 3. The van der Waals surface area contributed by atoms with Crippen LogP contribution in [-0.2, 0) is 10.0 Å². The van der Waals surface area contributed by atoms with Gasteiger partial charge < -0.3 is 5.32 Å². The average Bonchev–Trinajstić information content (AvgIpc) is 3.22. The summed E-state index contributed by atoms with van der Waals surface area (Å²) >= 11 is 6.23. The Morgan fingerprint density at radius 3 is 2.39 bits per heavy atom. The molecule has 0 aromatic heterocycles. The average molecular weight is 421 g/mol. The molecule has 0 bridgehead atoms. The first-order valence-corrected chi connectivity index (χ1v) is 11.3. The van der Waals surface area contributed by atoms with E-state index >= 15 is 0 Å².